The summed E-state index contributed by atoms with van der Waals surface area (Å²) in [5.41, 5.74) is 0.569. The maximum absolute atomic E-state index is 14.5. The van der Waals surface area contributed by atoms with E-state index in [2.05, 4.69) is 10.2 Å². The fourth-order valence-corrected chi connectivity index (χ4v) is 7.63. The number of rotatable bonds is 7. The largest absolute Gasteiger partial charge is 0.341 e. The molecule has 0 aromatic heterocycles. The van der Waals surface area contributed by atoms with Crippen molar-refractivity contribution in [2.24, 2.45) is 10.9 Å². The van der Waals surface area contributed by atoms with Crippen LogP contribution in [-0.4, -0.2) is 76.7 Å². The van der Waals surface area contributed by atoms with Crippen molar-refractivity contribution in [2.75, 3.05) is 26.7 Å². The van der Waals surface area contributed by atoms with Crippen molar-refractivity contribution in [3.8, 4) is 0 Å². The molecular weight excluding hydrogens is 607 g/mol. The maximum atomic E-state index is 14.5. The number of halogens is 4. The van der Waals surface area contributed by atoms with E-state index < -0.39 is 23.2 Å². The lowest BCUT2D eigenvalue weighted by Gasteiger charge is -2.38. The minimum absolute atomic E-state index is 0.0259. The predicted molar refractivity (Wildman–Crippen MR) is 168 cm³/mol. The van der Waals surface area contributed by atoms with Gasteiger partial charge >= 0.3 is 0 Å². The van der Waals surface area contributed by atoms with Crippen LogP contribution < -0.4 is 5.32 Å². The number of nitrogens with zero attached hydrogens (tertiary/aromatic N) is 4. The maximum Gasteiger partial charge on any atom is 0.253 e. The van der Waals surface area contributed by atoms with Crippen LogP contribution in [0, 0.1) is 17.6 Å². The fourth-order valence-electron chi connectivity index (χ4n) is 7.31. The summed E-state index contributed by atoms with van der Waals surface area (Å²) >= 11 is 12.5. The standard InChI is InChI=1S/C33H39Cl2F2N5O2/c1-40(19-23-8-9-24(36)16-28(23)37)25-17-29(42(20-25)18-21-7-10-26(34)27(35)15-21)31(43)41-13-11-33(12-14-41)32(44)38-30(39-33)22-5-3-2-4-6-22/h7-10,15-16,22,25,29H,2-6,11-14,17-20H2,1H3,(H,38,39,44)/t25-,29-/m0/s1. The normalized spacial score (nSPS) is 24.3. The molecule has 11 heteroatoms. The van der Waals surface area contributed by atoms with Gasteiger partial charge in [-0.1, -0.05) is 54.6 Å². The third kappa shape index (κ3) is 6.52. The van der Waals surface area contributed by atoms with Gasteiger partial charge in [-0.3, -0.25) is 24.4 Å². The minimum atomic E-state index is -0.777. The summed E-state index contributed by atoms with van der Waals surface area (Å²) in [6, 6.07) is 8.69. The van der Waals surface area contributed by atoms with Crippen LogP contribution in [0.3, 0.4) is 0 Å². The van der Waals surface area contributed by atoms with Gasteiger partial charge in [-0.25, -0.2) is 8.78 Å². The monoisotopic (exact) mass is 645 g/mol. The number of hydrogen-bond donors (Lipinski definition) is 1. The number of amides is 2. The van der Waals surface area contributed by atoms with Gasteiger partial charge in [0.1, 0.15) is 23.0 Å². The van der Waals surface area contributed by atoms with E-state index in [0.717, 1.165) is 30.3 Å². The molecule has 3 fully saturated rings. The van der Waals surface area contributed by atoms with Gasteiger partial charge in [0.05, 0.1) is 16.1 Å². The Labute approximate surface area is 267 Å². The SMILES string of the molecule is CN(Cc1ccc(F)cc1F)[C@H]1C[C@@H](C(=O)N2CCC3(CC2)N=C(C2CCCCC2)NC3=O)N(Cc2ccc(Cl)c(Cl)c2)C1. The number of aliphatic imine (C=N–C) groups is 1. The average Bonchev–Trinajstić information content (AvgIpc) is 3.58. The van der Waals surface area contributed by atoms with E-state index in [1.165, 1.54) is 31.4 Å². The van der Waals surface area contributed by atoms with Crippen molar-refractivity contribution in [1.29, 1.82) is 0 Å². The molecule has 1 aliphatic carbocycles. The number of amidine groups is 1. The van der Waals surface area contributed by atoms with E-state index in [-0.39, 0.29) is 17.9 Å². The Morgan fingerprint density at radius 3 is 2.52 bits per heavy atom. The zero-order chi connectivity index (χ0) is 31.0. The first kappa shape index (κ1) is 31.4. The summed E-state index contributed by atoms with van der Waals surface area (Å²) in [7, 11) is 1.91. The lowest BCUT2D eigenvalue weighted by atomic mass is 9.87. The minimum Gasteiger partial charge on any atom is -0.341 e. The number of benzene rings is 2. The molecule has 1 saturated carbocycles. The molecule has 44 heavy (non-hydrogen) atoms. The molecule has 2 aromatic rings. The molecule has 2 atom stereocenters. The van der Waals surface area contributed by atoms with Gasteiger partial charge < -0.3 is 10.2 Å². The molecule has 1 N–H and O–H groups in total. The van der Waals surface area contributed by atoms with Gasteiger partial charge in [0, 0.05) is 56.3 Å². The van der Waals surface area contributed by atoms with Crippen LogP contribution in [0.1, 0.15) is 62.5 Å². The Kier molecular flexibility index (Phi) is 9.30. The number of likely N-dealkylation sites (tertiary alicyclic amines) is 2. The van der Waals surface area contributed by atoms with Crippen molar-refractivity contribution in [1.82, 2.24) is 20.0 Å². The Balaban J connectivity index is 1.16. The molecule has 4 aliphatic rings. The highest BCUT2D eigenvalue weighted by atomic mass is 35.5. The van der Waals surface area contributed by atoms with E-state index in [1.54, 1.807) is 6.07 Å². The molecule has 1 spiro atoms. The molecule has 6 rings (SSSR count). The highest BCUT2D eigenvalue weighted by Gasteiger charge is 2.49. The fraction of sp³-hybridized carbons (Fsp3) is 0.545. The molecule has 236 valence electrons. The Hall–Kier alpha value is -2.59. The smallest absolute Gasteiger partial charge is 0.253 e. The van der Waals surface area contributed by atoms with Crippen LogP contribution in [0.25, 0.3) is 0 Å². The van der Waals surface area contributed by atoms with Crippen molar-refractivity contribution in [3.63, 3.8) is 0 Å². The van der Waals surface area contributed by atoms with Crippen LogP contribution in [-0.2, 0) is 22.7 Å². The summed E-state index contributed by atoms with van der Waals surface area (Å²) in [4.78, 5) is 38.3. The average molecular weight is 647 g/mol. The summed E-state index contributed by atoms with van der Waals surface area (Å²) < 4.78 is 28.0. The van der Waals surface area contributed by atoms with Crippen LogP contribution in [0.2, 0.25) is 10.0 Å². The number of hydrogen-bond acceptors (Lipinski definition) is 5. The van der Waals surface area contributed by atoms with Gasteiger partial charge in [0.2, 0.25) is 5.91 Å². The van der Waals surface area contributed by atoms with E-state index in [9.17, 15) is 18.4 Å². The first-order valence-electron chi connectivity index (χ1n) is 15.6. The number of carbonyl (C=O) groups excluding carboxylic acids is 2. The molecule has 2 amide bonds. The topological polar surface area (TPSA) is 68.2 Å². The molecule has 0 bridgehead atoms. The first-order valence-corrected chi connectivity index (χ1v) is 16.4. The second kappa shape index (κ2) is 13.0. The second-order valence-corrected chi connectivity index (χ2v) is 13.7. The van der Waals surface area contributed by atoms with E-state index in [4.69, 9.17) is 28.2 Å². The number of nitrogens with one attached hydrogen (secondary N) is 1. The Morgan fingerprint density at radius 1 is 1.07 bits per heavy atom. The van der Waals surface area contributed by atoms with Crippen LogP contribution in [0.4, 0.5) is 8.78 Å². The quantitative estimate of drug-likeness (QED) is 0.412. The lowest BCUT2D eigenvalue weighted by Crippen LogP contribution is -2.54. The molecular formula is C33H39Cl2F2N5O2. The van der Waals surface area contributed by atoms with Crippen molar-refractivity contribution in [2.45, 2.75) is 82.1 Å². The van der Waals surface area contributed by atoms with Gasteiger partial charge in [0.15, 0.2) is 0 Å². The van der Waals surface area contributed by atoms with Gasteiger partial charge in [-0.15, -0.1) is 0 Å². The van der Waals surface area contributed by atoms with E-state index >= 15 is 0 Å². The zero-order valence-electron chi connectivity index (χ0n) is 25.0. The molecule has 2 saturated heterocycles. The predicted octanol–water partition coefficient (Wildman–Crippen LogP) is 5.82. The van der Waals surface area contributed by atoms with Crippen LogP contribution in [0.5, 0.6) is 0 Å². The summed E-state index contributed by atoms with van der Waals surface area (Å²) in [6.45, 7) is 2.31. The Morgan fingerprint density at radius 2 is 1.82 bits per heavy atom. The third-order valence-corrected chi connectivity index (χ3v) is 10.7. The highest BCUT2D eigenvalue weighted by Crippen LogP contribution is 2.36. The van der Waals surface area contributed by atoms with Crippen LogP contribution in [0.15, 0.2) is 41.4 Å². The molecule has 3 aliphatic heterocycles. The number of carbonyl (C=O) groups is 2. The zero-order valence-corrected chi connectivity index (χ0v) is 26.5. The first-order chi connectivity index (χ1) is 21.1. The summed E-state index contributed by atoms with van der Waals surface area (Å²) in [5, 5.41) is 4.02. The van der Waals surface area contributed by atoms with Gasteiger partial charge in [-0.2, -0.15) is 0 Å². The molecule has 0 radical (unpaired) electrons. The third-order valence-electron chi connectivity index (χ3n) is 9.99. The van der Waals surface area contributed by atoms with Gasteiger partial charge in [0.25, 0.3) is 5.91 Å². The molecule has 7 nitrogen and oxygen atoms in total. The van der Waals surface area contributed by atoms with E-state index in [1.807, 2.05) is 29.0 Å². The van der Waals surface area contributed by atoms with E-state index in [0.29, 0.717) is 73.5 Å². The van der Waals surface area contributed by atoms with Crippen LogP contribution >= 0.6 is 23.2 Å². The lowest BCUT2D eigenvalue weighted by molar-refractivity contribution is -0.139. The number of likely N-dealkylation sites (N-methyl/N-ethyl adjacent to an activating group) is 1. The highest BCUT2D eigenvalue weighted by molar-refractivity contribution is 6.42. The van der Waals surface area contributed by atoms with Crippen molar-refractivity contribution in [3.05, 3.63) is 69.2 Å². The van der Waals surface area contributed by atoms with Crippen molar-refractivity contribution >= 4 is 40.9 Å². The summed E-state index contributed by atoms with van der Waals surface area (Å²) in [5.74, 6) is -0.00942. The number of piperidine rings is 1. The molecule has 2 aromatic carbocycles. The molecule has 3 heterocycles. The van der Waals surface area contributed by atoms with Crippen molar-refractivity contribution < 1.29 is 18.4 Å². The van der Waals surface area contributed by atoms with Gasteiger partial charge in [-0.05, 0) is 62.9 Å². The Bertz CT molecular complexity index is 1440. The summed E-state index contributed by atoms with van der Waals surface area (Å²) in [6.07, 6.45) is 7.29. The second-order valence-electron chi connectivity index (χ2n) is 12.9. The molecule has 0 unspecified atom stereocenters.